The Hall–Kier alpha value is -1.51. The smallest absolute Gasteiger partial charge is 0.150 e. The Morgan fingerprint density at radius 1 is 1.29 bits per heavy atom. The number of rotatable bonds is 1. The van der Waals surface area contributed by atoms with Gasteiger partial charge in [0.25, 0.3) is 0 Å². The van der Waals surface area contributed by atoms with Crippen LogP contribution in [0.4, 0.5) is 11.4 Å². The molecule has 0 amide bonds. The van der Waals surface area contributed by atoms with Gasteiger partial charge in [0, 0.05) is 19.7 Å². The van der Waals surface area contributed by atoms with Crippen molar-refractivity contribution in [2.45, 2.75) is 6.92 Å². The maximum Gasteiger partial charge on any atom is 0.150 e. The van der Waals surface area contributed by atoms with Crippen LogP contribution in [-0.2, 0) is 0 Å². The minimum Gasteiger partial charge on any atom is -0.355 e. The van der Waals surface area contributed by atoms with Crippen LogP contribution in [0.3, 0.4) is 0 Å². The molecule has 0 bridgehead atoms. The van der Waals surface area contributed by atoms with Crippen molar-refractivity contribution < 1.29 is 4.79 Å². The normalized spacial score (nSPS) is 14.5. The van der Waals surface area contributed by atoms with Gasteiger partial charge in [-0.15, -0.1) is 0 Å². The van der Waals surface area contributed by atoms with Crippen LogP contribution >= 0.6 is 0 Å². The number of benzene rings is 1. The van der Waals surface area contributed by atoms with Crippen LogP contribution < -0.4 is 9.80 Å². The van der Waals surface area contributed by atoms with Gasteiger partial charge in [0.15, 0.2) is 0 Å². The number of aryl methyl sites for hydroxylation is 1. The average Bonchev–Trinajstić information content (AvgIpc) is 2.42. The van der Waals surface area contributed by atoms with Crippen molar-refractivity contribution in [1.82, 2.24) is 0 Å². The zero-order valence-electron chi connectivity index (χ0n) is 8.74. The second kappa shape index (κ2) is 3.01. The fraction of sp³-hybridized carbons (Fsp3) is 0.364. The molecule has 0 aliphatic carbocycles. The minimum absolute atomic E-state index is 0.753. The van der Waals surface area contributed by atoms with E-state index in [1.54, 1.807) is 0 Å². The van der Waals surface area contributed by atoms with Crippen LogP contribution in [0.15, 0.2) is 12.1 Å². The Balaban J connectivity index is 2.62. The zero-order valence-corrected chi connectivity index (χ0v) is 8.74. The molecule has 0 N–H and O–H groups in total. The maximum absolute atomic E-state index is 10.7. The largest absolute Gasteiger partial charge is 0.355 e. The Labute approximate surface area is 83.9 Å². The number of aldehydes is 1. The van der Waals surface area contributed by atoms with Crippen LogP contribution in [0, 0.1) is 6.92 Å². The van der Waals surface area contributed by atoms with E-state index in [9.17, 15) is 4.79 Å². The second-order valence-electron chi connectivity index (χ2n) is 3.86. The first-order valence-electron chi connectivity index (χ1n) is 4.65. The number of anilines is 2. The molecule has 0 spiro atoms. The Bertz CT molecular complexity index is 387. The highest BCUT2D eigenvalue weighted by Gasteiger charge is 2.22. The summed E-state index contributed by atoms with van der Waals surface area (Å²) in [5, 5.41) is 0. The number of fused-ring (bicyclic) bond motifs is 1. The van der Waals surface area contributed by atoms with E-state index in [1.807, 2.05) is 26.1 Å². The van der Waals surface area contributed by atoms with Crippen LogP contribution in [0.1, 0.15) is 15.9 Å². The number of carbonyl (C=O) groups excluding carboxylic acids is 1. The van der Waals surface area contributed by atoms with Crippen molar-refractivity contribution >= 4 is 17.7 Å². The van der Waals surface area contributed by atoms with E-state index in [0.717, 1.165) is 29.8 Å². The summed E-state index contributed by atoms with van der Waals surface area (Å²) >= 11 is 0. The summed E-state index contributed by atoms with van der Waals surface area (Å²) in [6, 6.07) is 3.88. The van der Waals surface area contributed by atoms with Crippen molar-refractivity contribution in [2.75, 3.05) is 30.6 Å². The van der Waals surface area contributed by atoms with E-state index in [0.29, 0.717) is 0 Å². The lowest BCUT2D eigenvalue weighted by Gasteiger charge is -2.13. The van der Waals surface area contributed by atoms with E-state index in [-0.39, 0.29) is 0 Å². The molecule has 0 fully saturated rings. The number of carbonyl (C=O) groups is 1. The summed E-state index contributed by atoms with van der Waals surface area (Å²) in [6.45, 7) is 2.93. The quantitative estimate of drug-likeness (QED) is 0.629. The molecular weight excluding hydrogens is 176 g/mol. The van der Waals surface area contributed by atoms with Gasteiger partial charge in [0.05, 0.1) is 18.0 Å². The fourth-order valence-electron chi connectivity index (χ4n) is 2.11. The van der Waals surface area contributed by atoms with Crippen LogP contribution in [-0.4, -0.2) is 27.1 Å². The molecule has 1 heterocycles. The molecule has 0 saturated carbocycles. The van der Waals surface area contributed by atoms with Gasteiger partial charge < -0.3 is 9.80 Å². The van der Waals surface area contributed by atoms with E-state index < -0.39 is 0 Å². The highest BCUT2D eigenvalue weighted by Crippen LogP contribution is 2.37. The van der Waals surface area contributed by atoms with E-state index in [2.05, 4.69) is 16.8 Å². The molecule has 0 unspecified atom stereocenters. The van der Waals surface area contributed by atoms with Gasteiger partial charge in [-0.2, -0.15) is 0 Å². The van der Waals surface area contributed by atoms with Crippen LogP contribution in [0.2, 0.25) is 0 Å². The molecule has 1 aliphatic rings. The van der Waals surface area contributed by atoms with Gasteiger partial charge >= 0.3 is 0 Å². The van der Waals surface area contributed by atoms with Crippen molar-refractivity contribution in [3.05, 3.63) is 23.3 Å². The summed E-state index contributed by atoms with van der Waals surface area (Å²) in [4.78, 5) is 15.1. The molecule has 3 heteroatoms. The third-order valence-corrected chi connectivity index (χ3v) is 2.66. The molecule has 14 heavy (non-hydrogen) atoms. The predicted molar refractivity (Wildman–Crippen MR) is 58.2 cm³/mol. The third kappa shape index (κ3) is 1.16. The van der Waals surface area contributed by atoms with Crippen molar-refractivity contribution in [1.29, 1.82) is 0 Å². The average molecular weight is 190 g/mol. The number of nitrogens with zero attached hydrogens (tertiary/aromatic N) is 2. The molecule has 1 aromatic rings. The molecular formula is C11H14N2O. The topological polar surface area (TPSA) is 23.6 Å². The van der Waals surface area contributed by atoms with Crippen LogP contribution in [0.25, 0.3) is 0 Å². The van der Waals surface area contributed by atoms with Crippen LogP contribution in [0.5, 0.6) is 0 Å². The van der Waals surface area contributed by atoms with Gasteiger partial charge in [-0.25, -0.2) is 0 Å². The van der Waals surface area contributed by atoms with Gasteiger partial charge in [-0.1, -0.05) is 0 Å². The fourth-order valence-corrected chi connectivity index (χ4v) is 2.11. The predicted octanol–water partition coefficient (Wildman–Crippen LogP) is 1.65. The van der Waals surface area contributed by atoms with Gasteiger partial charge in [-0.05, 0) is 24.6 Å². The lowest BCUT2D eigenvalue weighted by Crippen LogP contribution is -2.24. The standard InChI is InChI=1S/C11H14N2O/c1-8-4-9(6-14)5-10-11(8)13(3)7-12(10)2/h4-6H,7H2,1-3H3. The molecule has 1 aliphatic heterocycles. The lowest BCUT2D eigenvalue weighted by atomic mass is 10.1. The van der Waals surface area contributed by atoms with E-state index >= 15 is 0 Å². The van der Waals surface area contributed by atoms with Gasteiger partial charge in [-0.3, -0.25) is 4.79 Å². The monoisotopic (exact) mass is 190 g/mol. The lowest BCUT2D eigenvalue weighted by molar-refractivity contribution is 0.112. The van der Waals surface area contributed by atoms with Crippen molar-refractivity contribution in [3.63, 3.8) is 0 Å². The molecule has 0 saturated heterocycles. The first-order valence-corrected chi connectivity index (χ1v) is 4.65. The summed E-state index contributed by atoms with van der Waals surface area (Å²) in [7, 11) is 4.10. The zero-order chi connectivity index (χ0) is 10.3. The second-order valence-corrected chi connectivity index (χ2v) is 3.86. The first kappa shape index (κ1) is 9.06. The van der Waals surface area contributed by atoms with E-state index in [4.69, 9.17) is 0 Å². The summed E-state index contributed by atoms with van der Waals surface area (Å²) in [5.74, 6) is 0. The third-order valence-electron chi connectivity index (χ3n) is 2.66. The highest BCUT2D eigenvalue weighted by molar-refractivity contribution is 5.86. The SMILES string of the molecule is Cc1cc(C=O)cc2c1N(C)CN2C. The summed E-state index contributed by atoms with van der Waals surface area (Å²) < 4.78 is 0. The molecule has 0 atom stereocenters. The molecule has 3 nitrogen and oxygen atoms in total. The summed E-state index contributed by atoms with van der Waals surface area (Å²) in [6.07, 6.45) is 0.902. The molecule has 1 aromatic carbocycles. The number of hydrogen-bond donors (Lipinski definition) is 0. The van der Waals surface area contributed by atoms with Crippen molar-refractivity contribution in [2.24, 2.45) is 0 Å². The Kier molecular flexibility index (Phi) is 1.95. The molecule has 0 aromatic heterocycles. The first-order chi connectivity index (χ1) is 6.63. The Morgan fingerprint density at radius 2 is 2.00 bits per heavy atom. The van der Waals surface area contributed by atoms with Gasteiger partial charge in [0.1, 0.15) is 6.29 Å². The number of hydrogen-bond acceptors (Lipinski definition) is 3. The molecule has 0 radical (unpaired) electrons. The molecule has 2 rings (SSSR count). The molecule has 74 valence electrons. The minimum atomic E-state index is 0.753. The van der Waals surface area contributed by atoms with E-state index in [1.165, 1.54) is 5.69 Å². The Morgan fingerprint density at radius 3 is 2.64 bits per heavy atom. The highest BCUT2D eigenvalue weighted by atomic mass is 16.1. The van der Waals surface area contributed by atoms with Crippen molar-refractivity contribution in [3.8, 4) is 0 Å². The summed E-state index contributed by atoms with van der Waals surface area (Å²) in [5.41, 5.74) is 4.30. The van der Waals surface area contributed by atoms with Gasteiger partial charge in [0.2, 0.25) is 0 Å². The maximum atomic E-state index is 10.7.